The molecule has 0 aliphatic rings. The third kappa shape index (κ3) is 2.66. The van der Waals surface area contributed by atoms with Crippen molar-refractivity contribution in [1.82, 2.24) is 24.9 Å². The van der Waals surface area contributed by atoms with Crippen molar-refractivity contribution in [1.29, 1.82) is 0 Å². The third-order valence-corrected chi connectivity index (χ3v) is 2.85. The number of H-pyrrole nitrogens is 1. The van der Waals surface area contributed by atoms with Gasteiger partial charge in [0.15, 0.2) is 5.69 Å². The fraction of sp³-hybridized carbons (Fsp3) is 0.364. The molecule has 2 aromatic rings. The van der Waals surface area contributed by atoms with Crippen molar-refractivity contribution < 1.29 is 9.72 Å². The Bertz CT molecular complexity index is 659. The van der Waals surface area contributed by atoms with Crippen LogP contribution in [0.25, 0.3) is 0 Å². The summed E-state index contributed by atoms with van der Waals surface area (Å²) in [5.74, 6) is -0.697. The maximum Gasteiger partial charge on any atom is 0.343 e. The van der Waals surface area contributed by atoms with Crippen LogP contribution >= 0.6 is 0 Å². The number of carbonyl (C=O) groups excluding carboxylic acids is 1. The summed E-state index contributed by atoms with van der Waals surface area (Å²) in [6.07, 6.45) is 1.83. The van der Waals surface area contributed by atoms with Gasteiger partial charge in [-0.25, -0.2) is 0 Å². The Morgan fingerprint density at radius 2 is 2.30 bits per heavy atom. The highest BCUT2D eigenvalue weighted by Gasteiger charge is 2.20. The Hall–Kier alpha value is -2.71. The first-order chi connectivity index (χ1) is 9.38. The minimum absolute atomic E-state index is 0.0146. The molecule has 0 aromatic carbocycles. The molecule has 9 heteroatoms. The number of aromatic nitrogens is 4. The van der Waals surface area contributed by atoms with Crippen molar-refractivity contribution in [2.75, 3.05) is 7.05 Å². The van der Waals surface area contributed by atoms with Crippen LogP contribution in [0, 0.1) is 17.0 Å². The van der Waals surface area contributed by atoms with E-state index in [0.29, 0.717) is 6.54 Å². The monoisotopic (exact) mass is 278 g/mol. The molecule has 0 bridgehead atoms. The second-order valence-corrected chi connectivity index (χ2v) is 4.47. The summed E-state index contributed by atoms with van der Waals surface area (Å²) >= 11 is 0. The lowest BCUT2D eigenvalue weighted by molar-refractivity contribution is -0.389. The summed E-state index contributed by atoms with van der Waals surface area (Å²) in [4.78, 5) is 23.4. The van der Waals surface area contributed by atoms with E-state index >= 15 is 0 Å². The van der Waals surface area contributed by atoms with E-state index in [2.05, 4.69) is 15.3 Å². The molecule has 0 unspecified atom stereocenters. The van der Waals surface area contributed by atoms with Gasteiger partial charge in [-0.1, -0.05) is 5.10 Å². The molecule has 106 valence electrons. The molecule has 20 heavy (non-hydrogen) atoms. The molecule has 0 aliphatic heterocycles. The second-order valence-electron chi connectivity index (χ2n) is 4.47. The zero-order valence-corrected chi connectivity index (χ0v) is 11.3. The van der Waals surface area contributed by atoms with Gasteiger partial charge in [0.1, 0.15) is 0 Å². The molecule has 0 radical (unpaired) electrons. The van der Waals surface area contributed by atoms with E-state index in [1.54, 1.807) is 18.8 Å². The fourth-order valence-electron chi connectivity index (χ4n) is 1.84. The molecule has 0 saturated carbocycles. The maximum atomic E-state index is 12.1. The van der Waals surface area contributed by atoms with Gasteiger partial charge >= 0.3 is 5.82 Å². The Labute approximate surface area is 114 Å². The number of nitrogens with one attached hydrogen (secondary N) is 1. The summed E-state index contributed by atoms with van der Waals surface area (Å²) in [6.45, 7) is 2.21. The molecule has 0 spiro atoms. The predicted octanol–water partition coefficient (Wildman–Crippen LogP) is 0.632. The SMILES string of the molecule is Cc1nn(C)cc1CN(C)C(=O)c1cc([N+](=O)[O-])[nH]n1. The van der Waals surface area contributed by atoms with Crippen LogP contribution in [0.2, 0.25) is 0 Å². The first kappa shape index (κ1) is 13.7. The summed E-state index contributed by atoms with van der Waals surface area (Å²) < 4.78 is 1.67. The van der Waals surface area contributed by atoms with E-state index in [4.69, 9.17) is 0 Å². The molecule has 0 aliphatic carbocycles. The Morgan fingerprint density at radius 3 is 2.80 bits per heavy atom. The molecule has 2 rings (SSSR count). The molecular formula is C11H14N6O3. The van der Waals surface area contributed by atoms with Crippen molar-refractivity contribution >= 4 is 11.7 Å². The third-order valence-electron chi connectivity index (χ3n) is 2.85. The summed E-state index contributed by atoms with van der Waals surface area (Å²) in [7, 11) is 3.41. The first-order valence-electron chi connectivity index (χ1n) is 5.83. The summed E-state index contributed by atoms with van der Waals surface area (Å²) in [5.41, 5.74) is 1.76. The van der Waals surface area contributed by atoms with Gasteiger partial charge in [0, 0.05) is 32.4 Å². The van der Waals surface area contributed by atoms with Gasteiger partial charge < -0.3 is 15.0 Å². The number of aryl methyl sites for hydroxylation is 2. The van der Waals surface area contributed by atoms with E-state index < -0.39 is 10.8 Å². The highest BCUT2D eigenvalue weighted by atomic mass is 16.6. The van der Waals surface area contributed by atoms with Gasteiger partial charge in [0.05, 0.1) is 11.8 Å². The number of aromatic amines is 1. The quantitative estimate of drug-likeness (QED) is 0.651. The minimum Gasteiger partial charge on any atom is -0.358 e. The highest BCUT2D eigenvalue weighted by Crippen LogP contribution is 2.13. The first-order valence-corrected chi connectivity index (χ1v) is 5.83. The Morgan fingerprint density at radius 1 is 1.60 bits per heavy atom. The molecular weight excluding hydrogens is 264 g/mol. The van der Waals surface area contributed by atoms with E-state index in [9.17, 15) is 14.9 Å². The highest BCUT2D eigenvalue weighted by molar-refractivity contribution is 5.92. The van der Waals surface area contributed by atoms with Gasteiger partial charge in [-0.3, -0.25) is 9.48 Å². The van der Waals surface area contributed by atoms with E-state index in [1.165, 1.54) is 4.90 Å². The second kappa shape index (κ2) is 5.11. The van der Waals surface area contributed by atoms with Crippen LogP contribution in [-0.2, 0) is 13.6 Å². The number of hydrogen-bond donors (Lipinski definition) is 1. The van der Waals surface area contributed by atoms with Gasteiger partial charge in [0.25, 0.3) is 5.91 Å². The van der Waals surface area contributed by atoms with Crippen LogP contribution in [0.3, 0.4) is 0 Å². The van der Waals surface area contributed by atoms with Crippen LogP contribution in [0.1, 0.15) is 21.7 Å². The van der Waals surface area contributed by atoms with Crippen molar-refractivity contribution in [3.63, 3.8) is 0 Å². The van der Waals surface area contributed by atoms with Crippen molar-refractivity contribution in [3.05, 3.63) is 39.3 Å². The van der Waals surface area contributed by atoms with Gasteiger partial charge in [-0.05, 0) is 11.8 Å². The van der Waals surface area contributed by atoms with Crippen molar-refractivity contribution in [3.8, 4) is 0 Å². The average Bonchev–Trinajstić information content (AvgIpc) is 2.96. The van der Waals surface area contributed by atoms with Crippen molar-refractivity contribution in [2.45, 2.75) is 13.5 Å². The average molecular weight is 278 g/mol. The number of nitro groups is 1. The molecule has 2 aromatic heterocycles. The number of hydrogen-bond acceptors (Lipinski definition) is 5. The topological polar surface area (TPSA) is 110 Å². The van der Waals surface area contributed by atoms with Crippen LogP contribution < -0.4 is 0 Å². The van der Waals surface area contributed by atoms with E-state index in [0.717, 1.165) is 17.3 Å². The molecule has 0 atom stereocenters. The Kier molecular flexibility index (Phi) is 3.51. The zero-order valence-electron chi connectivity index (χ0n) is 11.3. The zero-order chi connectivity index (χ0) is 14.9. The molecule has 1 N–H and O–H groups in total. The van der Waals surface area contributed by atoms with E-state index in [1.807, 2.05) is 13.1 Å². The van der Waals surface area contributed by atoms with Crippen LogP contribution in [0.4, 0.5) is 5.82 Å². The fourth-order valence-corrected chi connectivity index (χ4v) is 1.84. The summed E-state index contributed by atoms with van der Waals surface area (Å²) in [6, 6.07) is 1.12. The number of nitrogens with zero attached hydrogens (tertiary/aromatic N) is 5. The lowest BCUT2D eigenvalue weighted by atomic mass is 10.2. The largest absolute Gasteiger partial charge is 0.358 e. The van der Waals surface area contributed by atoms with Crippen molar-refractivity contribution in [2.24, 2.45) is 7.05 Å². The Balaban J connectivity index is 2.12. The standard InChI is InChI=1S/C11H14N6O3/c1-7-8(6-16(3)14-7)5-15(2)11(18)9-4-10(13-12-9)17(19)20/h4,6H,5H2,1-3H3,(H,12,13). The van der Waals surface area contributed by atoms with E-state index in [-0.39, 0.29) is 11.5 Å². The number of amides is 1. The molecule has 0 saturated heterocycles. The van der Waals surface area contributed by atoms with Gasteiger partial charge in [-0.2, -0.15) is 5.10 Å². The summed E-state index contributed by atoms with van der Waals surface area (Å²) in [5, 5.41) is 20.6. The smallest absolute Gasteiger partial charge is 0.343 e. The minimum atomic E-state index is -0.630. The maximum absolute atomic E-state index is 12.1. The number of carbonyl (C=O) groups is 1. The molecule has 1 amide bonds. The van der Waals surface area contributed by atoms with Gasteiger partial charge in [0.2, 0.25) is 0 Å². The van der Waals surface area contributed by atoms with Crippen LogP contribution in [0.15, 0.2) is 12.3 Å². The molecule has 2 heterocycles. The lowest BCUT2D eigenvalue weighted by Gasteiger charge is -2.14. The van der Waals surface area contributed by atoms with Gasteiger partial charge in [-0.15, -0.1) is 5.10 Å². The predicted molar refractivity (Wildman–Crippen MR) is 69.0 cm³/mol. The normalized spacial score (nSPS) is 10.6. The molecule has 0 fully saturated rings. The lowest BCUT2D eigenvalue weighted by Crippen LogP contribution is -2.26. The molecule has 9 nitrogen and oxygen atoms in total. The van der Waals surface area contributed by atoms with Crippen LogP contribution in [0.5, 0.6) is 0 Å². The number of rotatable bonds is 4. The van der Waals surface area contributed by atoms with Crippen LogP contribution in [-0.4, -0.2) is 42.8 Å².